The average molecular weight is 584 g/mol. The van der Waals surface area contributed by atoms with E-state index in [1.807, 2.05) is 13.8 Å². The number of amides is 5. The van der Waals surface area contributed by atoms with Gasteiger partial charge in [0.15, 0.2) is 0 Å². The highest BCUT2D eigenvalue weighted by Crippen LogP contribution is 2.15. The molecule has 228 valence electrons. The van der Waals surface area contributed by atoms with Gasteiger partial charge in [0, 0.05) is 51.1 Å². The fourth-order valence-corrected chi connectivity index (χ4v) is 5.38. The Balaban J connectivity index is 1.53. The SMILES string of the molecule is CC[C@H](C)[C@@H]1NC(=O)CCCN(C(=O)[C@@H]2CCC(=O)N2)CCCNC(=O)c2ccc3[nH]c(=O)n(c3c2)CCCNC1=O. The molecule has 5 amide bonds. The van der Waals surface area contributed by atoms with Gasteiger partial charge in [0.2, 0.25) is 23.6 Å². The number of fused-ring (bicyclic) bond motifs is 1. The fraction of sp³-hybridized carbons (Fsp3) is 0.586. The van der Waals surface area contributed by atoms with E-state index in [4.69, 9.17) is 0 Å². The number of rotatable bonds is 3. The Morgan fingerprint density at radius 2 is 1.64 bits per heavy atom. The van der Waals surface area contributed by atoms with E-state index in [-0.39, 0.29) is 47.6 Å². The molecule has 2 aromatic rings. The van der Waals surface area contributed by atoms with Crippen LogP contribution in [0.4, 0.5) is 0 Å². The normalized spacial score (nSPS) is 22.6. The van der Waals surface area contributed by atoms with Crippen molar-refractivity contribution >= 4 is 40.6 Å². The Bertz CT molecular complexity index is 1380. The second-order valence-corrected chi connectivity index (χ2v) is 11.1. The zero-order chi connectivity index (χ0) is 30.2. The standard InChI is InChI=1S/C29H41N7O6/c1-3-18(2)25-27(40)31-13-6-16-36-22-17-19(8-9-20(22)33-29(36)42)26(39)30-12-5-15-35(14-4-7-23(37)34-25)28(41)21-10-11-24(38)32-21/h8-9,17-18,21,25H,3-7,10-16H2,1-2H3,(H,30,39)(H,31,40)(H,32,38)(H,33,42)(H,34,37)/t18-,21-,25-/m0/s1. The lowest BCUT2D eigenvalue weighted by Crippen LogP contribution is -2.50. The second-order valence-electron chi connectivity index (χ2n) is 11.1. The van der Waals surface area contributed by atoms with Crippen LogP contribution < -0.4 is 27.0 Å². The van der Waals surface area contributed by atoms with E-state index < -0.39 is 12.1 Å². The summed E-state index contributed by atoms with van der Waals surface area (Å²) in [5.41, 5.74) is 1.29. The Labute approximate surface area is 244 Å². The lowest BCUT2D eigenvalue weighted by Gasteiger charge is -2.26. The largest absolute Gasteiger partial charge is 0.354 e. The van der Waals surface area contributed by atoms with E-state index in [9.17, 15) is 28.8 Å². The third-order valence-corrected chi connectivity index (χ3v) is 8.03. The molecule has 0 aliphatic carbocycles. The summed E-state index contributed by atoms with van der Waals surface area (Å²) in [5, 5.41) is 11.3. The van der Waals surface area contributed by atoms with Crippen LogP contribution in [0.15, 0.2) is 23.0 Å². The van der Waals surface area contributed by atoms with Crippen LogP contribution in [0.2, 0.25) is 0 Å². The van der Waals surface area contributed by atoms with Gasteiger partial charge in [-0.2, -0.15) is 0 Å². The van der Waals surface area contributed by atoms with Gasteiger partial charge in [-0.3, -0.25) is 28.5 Å². The number of aromatic nitrogens is 2. The molecule has 1 aromatic heterocycles. The quantitative estimate of drug-likeness (QED) is 0.349. The highest BCUT2D eigenvalue weighted by Gasteiger charge is 2.31. The maximum atomic E-state index is 13.2. The molecule has 0 spiro atoms. The van der Waals surface area contributed by atoms with E-state index in [0.717, 1.165) is 0 Å². The Kier molecular flexibility index (Phi) is 10.4. The number of imidazole rings is 1. The predicted octanol–water partition coefficient (Wildman–Crippen LogP) is 0.388. The van der Waals surface area contributed by atoms with Gasteiger partial charge in [-0.1, -0.05) is 20.3 Å². The lowest BCUT2D eigenvalue weighted by atomic mass is 9.98. The maximum absolute atomic E-state index is 13.2. The van der Waals surface area contributed by atoms with Crippen LogP contribution in [0.3, 0.4) is 0 Å². The summed E-state index contributed by atoms with van der Waals surface area (Å²) in [6.07, 6.45) is 2.85. The highest BCUT2D eigenvalue weighted by atomic mass is 16.2. The van der Waals surface area contributed by atoms with E-state index in [0.29, 0.717) is 87.8 Å². The number of hydrogen-bond donors (Lipinski definition) is 5. The molecule has 4 rings (SSSR count). The van der Waals surface area contributed by atoms with Gasteiger partial charge in [0.25, 0.3) is 5.91 Å². The first kappa shape index (κ1) is 30.8. The van der Waals surface area contributed by atoms with Crippen molar-refractivity contribution in [2.45, 2.75) is 77.4 Å². The zero-order valence-corrected chi connectivity index (χ0v) is 24.3. The molecule has 13 nitrogen and oxygen atoms in total. The van der Waals surface area contributed by atoms with Crippen molar-refractivity contribution in [2.24, 2.45) is 5.92 Å². The fourth-order valence-electron chi connectivity index (χ4n) is 5.38. The first-order chi connectivity index (χ1) is 20.2. The molecule has 0 radical (unpaired) electrons. The molecule has 2 aliphatic heterocycles. The summed E-state index contributed by atoms with van der Waals surface area (Å²) < 4.78 is 1.54. The number of carbonyl (C=O) groups excluding carboxylic acids is 5. The van der Waals surface area contributed by atoms with Crippen LogP contribution in [-0.2, 0) is 25.7 Å². The molecular weight excluding hydrogens is 542 g/mol. The van der Waals surface area contributed by atoms with Crippen LogP contribution in [0.1, 0.15) is 69.2 Å². The third-order valence-electron chi connectivity index (χ3n) is 8.03. The van der Waals surface area contributed by atoms with Crippen LogP contribution in [-0.4, -0.2) is 82.2 Å². The number of aromatic amines is 1. The summed E-state index contributed by atoms with van der Waals surface area (Å²) in [6.45, 7) is 5.43. The van der Waals surface area contributed by atoms with E-state index >= 15 is 0 Å². The van der Waals surface area contributed by atoms with E-state index in [1.165, 1.54) is 0 Å². The number of aryl methyl sites for hydroxylation is 1. The molecule has 2 aliphatic rings. The van der Waals surface area contributed by atoms with Crippen LogP contribution in [0.25, 0.3) is 11.0 Å². The number of hydrogen-bond acceptors (Lipinski definition) is 6. The van der Waals surface area contributed by atoms with Crippen molar-refractivity contribution in [3.05, 3.63) is 34.2 Å². The maximum Gasteiger partial charge on any atom is 0.326 e. The van der Waals surface area contributed by atoms with Crippen LogP contribution >= 0.6 is 0 Å². The Hall–Kier alpha value is -4.16. The second kappa shape index (κ2) is 14.1. The van der Waals surface area contributed by atoms with Gasteiger partial charge in [-0.15, -0.1) is 0 Å². The number of nitrogens with zero attached hydrogens (tertiary/aromatic N) is 2. The molecule has 3 heterocycles. The average Bonchev–Trinajstić information content (AvgIpc) is 3.55. The summed E-state index contributed by atoms with van der Waals surface area (Å²) in [5.74, 6) is -1.34. The number of H-pyrrole nitrogens is 1. The number of carbonyl (C=O) groups is 5. The van der Waals surface area contributed by atoms with Crippen molar-refractivity contribution in [1.82, 2.24) is 35.7 Å². The van der Waals surface area contributed by atoms with Crippen LogP contribution in [0.5, 0.6) is 0 Å². The summed E-state index contributed by atoms with van der Waals surface area (Å²) in [6, 6.07) is 3.69. The predicted molar refractivity (Wildman–Crippen MR) is 155 cm³/mol. The molecule has 0 saturated carbocycles. The van der Waals surface area contributed by atoms with Crippen molar-refractivity contribution in [2.75, 3.05) is 26.2 Å². The number of nitrogens with one attached hydrogen (secondary N) is 5. The molecule has 13 heteroatoms. The first-order valence-corrected chi connectivity index (χ1v) is 14.8. The number of benzene rings is 1. The van der Waals surface area contributed by atoms with Gasteiger partial charge in [-0.05, 0) is 49.8 Å². The molecule has 3 atom stereocenters. The molecular formula is C29H41N7O6. The van der Waals surface area contributed by atoms with Crippen molar-refractivity contribution in [1.29, 1.82) is 0 Å². The van der Waals surface area contributed by atoms with Crippen molar-refractivity contribution < 1.29 is 24.0 Å². The monoisotopic (exact) mass is 583 g/mol. The Morgan fingerprint density at radius 1 is 0.929 bits per heavy atom. The van der Waals surface area contributed by atoms with Crippen molar-refractivity contribution in [3.8, 4) is 0 Å². The van der Waals surface area contributed by atoms with Gasteiger partial charge in [0.05, 0.1) is 11.0 Å². The van der Waals surface area contributed by atoms with E-state index in [1.54, 1.807) is 27.7 Å². The van der Waals surface area contributed by atoms with Gasteiger partial charge in [-0.25, -0.2) is 4.79 Å². The highest BCUT2D eigenvalue weighted by molar-refractivity contribution is 5.97. The lowest BCUT2D eigenvalue weighted by molar-refractivity contribution is -0.135. The molecule has 1 saturated heterocycles. The minimum absolute atomic E-state index is 0.0979. The first-order valence-electron chi connectivity index (χ1n) is 14.8. The smallest absolute Gasteiger partial charge is 0.326 e. The van der Waals surface area contributed by atoms with Crippen LogP contribution in [0, 0.1) is 5.92 Å². The minimum Gasteiger partial charge on any atom is -0.354 e. The summed E-state index contributed by atoms with van der Waals surface area (Å²) in [4.78, 5) is 80.7. The summed E-state index contributed by atoms with van der Waals surface area (Å²) in [7, 11) is 0. The van der Waals surface area contributed by atoms with Gasteiger partial charge < -0.3 is 31.2 Å². The van der Waals surface area contributed by atoms with E-state index in [2.05, 4.69) is 26.3 Å². The Morgan fingerprint density at radius 3 is 2.38 bits per heavy atom. The third kappa shape index (κ3) is 7.56. The molecule has 2 bridgehead atoms. The van der Waals surface area contributed by atoms with Gasteiger partial charge in [0.1, 0.15) is 12.1 Å². The molecule has 0 unspecified atom stereocenters. The minimum atomic E-state index is -0.710. The topological polar surface area (TPSA) is 174 Å². The molecule has 42 heavy (non-hydrogen) atoms. The summed E-state index contributed by atoms with van der Waals surface area (Å²) >= 11 is 0. The van der Waals surface area contributed by atoms with Crippen molar-refractivity contribution in [3.63, 3.8) is 0 Å². The zero-order valence-electron chi connectivity index (χ0n) is 24.3. The van der Waals surface area contributed by atoms with Gasteiger partial charge >= 0.3 is 5.69 Å². The molecule has 1 aromatic carbocycles. The molecule has 5 N–H and O–H groups in total. The molecule has 1 fully saturated rings.